The Kier molecular flexibility index (Phi) is 6.62. The minimum Gasteiger partial charge on any atom is -0.452 e. The van der Waals surface area contributed by atoms with Gasteiger partial charge >= 0.3 is 5.97 Å². The van der Waals surface area contributed by atoms with E-state index in [9.17, 15) is 9.59 Å². The van der Waals surface area contributed by atoms with Crippen LogP contribution in [0.15, 0.2) is 28.8 Å². The fourth-order valence-electron chi connectivity index (χ4n) is 1.69. The third-order valence-electron chi connectivity index (χ3n) is 2.81. The van der Waals surface area contributed by atoms with E-state index in [0.717, 1.165) is 0 Å². The third-order valence-corrected chi connectivity index (χ3v) is 3.96. The topological polar surface area (TPSA) is 94.3 Å². The quantitative estimate of drug-likeness (QED) is 0.750. The summed E-state index contributed by atoms with van der Waals surface area (Å²) in [5.74, 6) is 0.604. The lowest BCUT2D eigenvalue weighted by molar-refractivity contribution is -0.150. The fraction of sp³-hybridized carbons (Fsp3) is 0.333. The molecule has 0 radical (unpaired) electrons. The molecule has 1 amide bonds. The molecule has 0 saturated carbocycles. The van der Waals surface area contributed by atoms with Crippen LogP contribution in [0.3, 0.4) is 0 Å². The number of ether oxygens (including phenoxy) is 1. The van der Waals surface area contributed by atoms with E-state index >= 15 is 0 Å². The van der Waals surface area contributed by atoms with Crippen molar-refractivity contribution in [3.05, 3.63) is 41.0 Å². The molecule has 1 unspecified atom stereocenters. The Morgan fingerprint density at radius 3 is 2.71 bits per heavy atom. The van der Waals surface area contributed by atoms with Gasteiger partial charge in [-0.25, -0.2) is 0 Å². The second kappa shape index (κ2) is 8.70. The highest BCUT2D eigenvalue weighted by atomic mass is 35.5. The minimum absolute atomic E-state index is 0.0894. The van der Waals surface area contributed by atoms with E-state index in [0.29, 0.717) is 28.2 Å². The Balaban J connectivity index is 1.71. The number of aromatic nitrogens is 2. The first kappa shape index (κ1) is 18.3. The number of carbonyl (C=O) groups excluding carboxylic acids is 2. The molecule has 1 atom stereocenters. The van der Waals surface area contributed by atoms with Crippen molar-refractivity contribution in [3.8, 4) is 0 Å². The molecule has 1 aromatic carbocycles. The summed E-state index contributed by atoms with van der Waals surface area (Å²) in [6.45, 7) is 3.20. The van der Waals surface area contributed by atoms with Crippen LogP contribution in [0.25, 0.3) is 0 Å². The second-order valence-electron chi connectivity index (χ2n) is 4.85. The van der Waals surface area contributed by atoms with E-state index < -0.39 is 18.0 Å². The molecule has 0 bridgehead atoms. The summed E-state index contributed by atoms with van der Waals surface area (Å²) in [7, 11) is 0. The molecular formula is C15H16ClN3O4S. The number of rotatable bonds is 7. The van der Waals surface area contributed by atoms with Gasteiger partial charge in [0, 0.05) is 17.6 Å². The van der Waals surface area contributed by atoms with Crippen molar-refractivity contribution in [2.75, 3.05) is 11.1 Å². The predicted molar refractivity (Wildman–Crippen MR) is 90.8 cm³/mol. The van der Waals surface area contributed by atoms with Crippen LogP contribution in [0.4, 0.5) is 5.69 Å². The van der Waals surface area contributed by atoms with Crippen molar-refractivity contribution < 1.29 is 18.8 Å². The molecule has 128 valence electrons. The van der Waals surface area contributed by atoms with Crippen LogP contribution in [-0.2, 0) is 20.1 Å². The fourth-order valence-corrected chi connectivity index (χ4v) is 2.45. The molecule has 1 heterocycles. The molecule has 2 aromatic rings. The Bertz CT molecular complexity index is 705. The van der Waals surface area contributed by atoms with Crippen LogP contribution in [-0.4, -0.2) is 33.9 Å². The van der Waals surface area contributed by atoms with Crippen LogP contribution < -0.4 is 5.32 Å². The maximum atomic E-state index is 12.0. The van der Waals surface area contributed by atoms with Gasteiger partial charge in [-0.15, -0.1) is 11.8 Å². The number of nitrogens with one attached hydrogen (secondary N) is 1. The van der Waals surface area contributed by atoms with E-state index in [2.05, 4.69) is 15.5 Å². The van der Waals surface area contributed by atoms with Crippen LogP contribution in [0.5, 0.6) is 0 Å². The average Bonchev–Trinajstić information content (AvgIpc) is 2.95. The highest BCUT2D eigenvalue weighted by Gasteiger charge is 2.18. The molecule has 0 fully saturated rings. The summed E-state index contributed by atoms with van der Waals surface area (Å²) in [6.07, 6.45) is -0.902. The first-order valence-corrected chi connectivity index (χ1v) is 8.60. The zero-order valence-electron chi connectivity index (χ0n) is 13.1. The normalized spacial score (nSPS) is 11.8. The molecule has 0 aliphatic heterocycles. The standard InChI is InChI=1S/C15H16ClN3O4S/c1-9(15(21)18-12-5-3-11(16)4-6-12)22-14(20)8-24-7-13-17-10(2)23-19-13/h3-6,9H,7-8H2,1-2H3,(H,18,21). The van der Waals surface area contributed by atoms with E-state index in [4.69, 9.17) is 20.9 Å². The number of nitrogens with zero attached hydrogens (tertiary/aromatic N) is 2. The average molecular weight is 370 g/mol. The number of carbonyl (C=O) groups is 2. The Morgan fingerprint density at radius 2 is 2.08 bits per heavy atom. The molecular weight excluding hydrogens is 354 g/mol. The zero-order valence-corrected chi connectivity index (χ0v) is 14.7. The predicted octanol–water partition coefficient (Wildman–Crippen LogP) is 2.84. The summed E-state index contributed by atoms with van der Waals surface area (Å²) in [6, 6.07) is 6.64. The highest BCUT2D eigenvalue weighted by molar-refractivity contribution is 7.99. The molecule has 0 aliphatic carbocycles. The number of aryl methyl sites for hydroxylation is 1. The van der Waals surface area contributed by atoms with Gasteiger partial charge in [0.15, 0.2) is 11.9 Å². The first-order chi connectivity index (χ1) is 11.4. The first-order valence-electron chi connectivity index (χ1n) is 7.07. The number of hydrogen-bond donors (Lipinski definition) is 1. The van der Waals surface area contributed by atoms with Crippen molar-refractivity contribution in [3.63, 3.8) is 0 Å². The lowest BCUT2D eigenvalue weighted by Crippen LogP contribution is -2.30. The van der Waals surface area contributed by atoms with Crippen LogP contribution in [0, 0.1) is 6.92 Å². The van der Waals surface area contributed by atoms with E-state index in [1.165, 1.54) is 18.7 Å². The molecule has 9 heteroatoms. The smallest absolute Gasteiger partial charge is 0.316 e. The largest absolute Gasteiger partial charge is 0.452 e. The number of hydrogen-bond acceptors (Lipinski definition) is 7. The molecule has 0 spiro atoms. The second-order valence-corrected chi connectivity index (χ2v) is 6.27. The monoisotopic (exact) mass is 369 g/mol. The maximum Gasteiger partial charge on any atom is 0.316 e. The number of anilines is 1. The lowest BCUT2D eigenvalue weighted by Gasteiger charge is -2.13. The molecule has 2 rings (SSSR count). The summed E-state index contributed by atoms with van der Waals surface area (Å²) < 4.78 is 9.92. The van der Waals surface area contributed by atoms with Crippen molar-refractivity contribution >= 4 is 40.9 Å². The third kappa shape index (κ3) is 5.86. The molecule has 24 heavy (non-hydrogen) atoms. The molecule has 0 saturated heterocycles. The number of halogens is 1. The van der Waals surface area contributed by atoms with Crippen LogP contribution in [0.2, 0.25) is 5.02 Å². The van der Waals surface area contributed by atoms with Crippen molar-refractivity contribution in [2.45, 2.75) is 25.7 Å². The van der Waals surface area contributed by atoms with Gasteiger partial charge in [0.2, 0.25) is 5.89 Å². The van der Waals surface area contributed by atoms with Crippen LogP contribution >= 0.6 is 23.4 Å². The number of thioether (sulfide) groups is 1. The minimum atomic E-state index is -0.902. The number of esters is 1. The highest BCUT2D eigenvalue weighted by Crippen LogP contribution is 2.14. The van der Waals surface area contributed by atoms with Crippen molar-refractivity contribution in [1.82, 2.24) is 10.1 Å². The van der Waals surface area contributed by atoms with E-state index in [-0.39, 0.29) is 5.75 Å². The number of amides is 1. The molecule has 7 nitrogen and oxygen atoms in total. The lowest BCUT2D eigenvalue weighted by atomic mass is 10.3. The number of benzene rings is 1. The van der Waals surface area contributed by atoms with Gasteiger partial charge < -0.3 is 14.6 Å². The van der Waals surface area contributed by atoms with Gasteiger partial charge in [0.25, 0.3) is 5.91 Å². The van der Waals surface area contributed by atoms with E-state index in [1.54, 1.807) is 31.2 Å². The van der Waals surface area contributed by atoms with Crippen molar-refractivity contribution in [1.29, 1.82) is 0 Å². The SMILES string of the molecule is Cc1nc(CSCC(=O)OC(C)C(=O)Nc2ccc(Cl)cc2)no1. The van der Waals surface area contributed by atoms with Crippen molar-refractivity contribution in [2.24, 2.45) is 0 Å². The molecule has 1 N–H and O–H groups in total. The zero-order chi connectivity index (χ0) is 17.5. The molecule has 1 aromatic heterocycles. The van der Waals surface area contributed by atoms with Gasteiger partial charge in [-0.2, -0.15) is 4.98 Å². The Labute approximate surface area is 148 Å². The summed E-state index contributed by atoms with van der Waals surface area (Å²) in [5, 5.41) is 6.94. The van der Waals surface area contributed by atoms with Gasteiger partial charge in [-0.3, -0.25) is 9.59 Å². The van der Waals surface area contributed by atoms with E-state index in [1.807, 2.05) is 0 Å². The van der Waals surface area contributed by atoms with Crippen LogP contribution in [0.1, 0.15) is 18.6 Å². The molecule has 0 aliphatic rings. The van der Waals surface area contributed by atoms with Gasteiger partial charge in [-0.1, -0.05) is 16.8 Å². The Morgan fingerprint density at radius 1 is 1.38 bits per heavy atom. The summed E-state index contributed by atoms with van der Waals surface area (Å²) in [5.41, 5.74) is 0.578. The van der Waals surface area contributed by atoms with Gasteiger partial charge in [-0.05, 0) is 31.2 Å². The van der Waals surface area contributed by atoms with Gasteiger partial charge in [0.05, 0.1) is 11.5 Å². The van der Waals surface area contributed by atoms with Gasteiger partial charge in [0.1, 0.15) is 0 Å². The summed E-state index contributed by atoms with van der Waals surface area (Å²) >= 11 is 7.06. The summed E-state index contributed by atoms with van der Waals surface area (Å²) in [4.78, 5) is 27.7. The Hall–Kier alpha value is -2.06. The maximum absolute atomic E-state index is 12.0.